The van der Waals surface area contributed by atoms with E-state index in [0.717, 1.165) is 66.0 Å². The number of nitrogens with zero attached hydrogens (tertiary/aromatic N) is 5. The molecule has 0 spiro atoms. The van der Waals surface area contributed by atoms with Gasteiger partial charge in [-0.1, -0.05) is 104 Å². The molecule has 3 heterocycles. The van der Waals surface area contributed by atoms with Gasteiger partial charge >= 0.3 is 0 Å². The van der Waals surface area contributed by atoms with Gasteiger partial charge in [0.1, 0.15) is 6.07 Å². The standard InChI is InChI=1S/C51H35N5O/c1-34(35(2)29-39(27-28-57-4)56-50-20-12-8-15-42(50)44-25-23-37(53-3)30-51(44)56)21-22-36(32-52)33-54-46-17-9-5-16-43(46)45-31-38(24-26-47(45)54)55-48-18-10-6-13-40(48)41-14-7-11-19-49(41)55/h5-31,33H,1-2H2,4H3/b22-21-,28-27+,36-33-,39-29+. The van der Waals surface area contributed by atoms with Crippen molar-refractivity contribution in [3.63, 3.8) is 0 Å². The van der Waals surface area contributed by atoms with Crippen molar-refractivity contribution in [1.29, 1.82) is 5.26 Å². The van der Waals surface area contributed by atoms with Crippen LogP contribution in [0.15, 0.2) is 194 Å². The lowest BCUT2D eigenvalue weighted by Gasteiger charge is -2.11. The molecule has 0 atom stereocenters. The van der Waals surface area contributed by atoms with Gasteiger partial charge in [0.05, 0.1) is 53.1 Å². The van der Waals surface area contributed by atoms with Crippen LogP contribution in [-0.4, -0.2) is 20.8 Å². The fraction of sp³-hybridized carbons (Fsp3) is 0.0196. The van der Waals surface area contributed by atoms with Crippen molar-refractivity contribution < 1.29 is 4.74 Å². The second-order valence-electron chi connectivity index (χ2n) is 13.8. The van der Waals surface area contributed by atoms with E-state index in [4.69, 9.17) is 11.3 Å². The second-order valence-corrected chi connectivity index (χ2v) is 13.8. The van der Waals surface area contributed by atoms with Gasteiger partial charge < -0.3 is 18.4 Å². The largest absolute Gasteiger partial charge is 0.504 e. The van der Waals surface area contributed by atoms with Gasteiger partial charge in [0, 0.05) is 55.4 Å². The van der Waals surface area contributed by atoms with Crippen molar-refractivity contribution in [2.45, 2.75) is 0 Å². The Morgan fingerprint density at radius 1 is 0.632 bits per heavy atom. The molecule has 0 fully saturated rings. The number of hydrogen-bond donors (Lipinski definition) is 0. The van der Waals surface area contributed by atoms with Crippen molar-refractivity contribution in [2.75, 3.05) is 7.11 Å². The van der Waals surface area contributed by atoms with Crippen molar-refractivity contribution in [3.8, 4) is 11.8 Å². The Bertz CT molecular complexity index is 3290. The topological polar surface area (TPSA) is 52.2 Å². The molecule has 6 aromatic carbocycles. The summed E-state index contributed by atoms with van der Waals surface area (Å²) in [6, 6.07) is 48.1. The number of ether oxygens (including phenoxy) is 1. The van der Waals surface area contributed by atoms with Gasteiger partial charge in [0.25, 0.3) is 0 Å². The third kappa shape index (κ3) is 5.90. The molecular weight excluding hydrogens is 699 g/mol. The molecule has 3 aromatic heterocycles. The summed E-state index contributed by atoms with van der Waals surface area (Å²) >= 11 is 0. The van der Waals surface area contributed by atoms with Gasteiger partial charge in [-0.25, -0.2) is 4.85 Å². The Kier molecular flexibility index (Phi) is 8.70. The van der Waals surface area contributed by atoms with E-state index in [1.165, 1.54) is 10.8 Å². The molecule has 0 unspecified atom stereocenters. The van der Waals surface area contributed by atoms with Crippen LogP contribution in [0.4, 0.5) is 5.69 Å². The normalized spacial score (nSPS) is 12.5. The summed E-state index contributed by atoms with van der Waals surface area (Å²) in [5.41, 5.74) is 10.3. The minimum absolute atomic E-state index is 0.454. The average molecular weight is 734 g/mol. The molecule has 0 radical (unpaired) electrons. The predicted molar refractivity (Wildman–Crippen MR) is 237 cm³/mol. The van der Waals surface area contributed by atoms with E-state index in [9.17, 15) is 5.26 Å². The van der Waals surface area contributed by atoms with Gasteiger partial charge in [0.15, 0.2) is 5.69 Å². The van der Waals surface area contributed by atoms with Gasteiger partial charge in [-0.05, 0) is 77.9 Å². The van der Waals surface area contributed by atoms with Crippen molar-refractivity contribution in [1.82, 2.24) is 13.7 Å². The fourth-order valence-electron chi connectivity index (χ4n) is 7.92. The minimum Gasteiger partial charge on any atom is -0.504 e. The fourth-order valence-corrected chi connectivity index (χ4v) is 7.92. The molecule has 57 heavy (non-hydrogen) atoms. The molecule has 0 bridgehead atoms. The zero-order valence-electron chi connectivity index (χ0n) is 31.2. The number of allylic oxidation sites excluding steroid dienone is 8. The Labute approximate surface area is 329 Å². The van der Waals surface area contributed by atoms with Crippen molar-refractivity contribution >= 4 is 83.0 Å². The molecule has 6 heteroatoms. The third-order valence-electron chi connectivity index (χ3n) is 10.5. The van der Waals surface area contributed by atoms with E-state index >= 15 is 0 Å². The van der Waals surface area contributed by atoms with Crippen LogP contribution in [-0.2, 0) is 4.74 Å². The van der Waals surface area contributed by atoms with E-state index in [1.54, 1.807) is 19.4 Å². The molecule has 0 saturated heterocycles. The van der Waals surface area contributed by atoms with E-state index < -0.39 is 0 Å². The van der Waals surface area contributed by atoms with E-state index in [-0.39, 0.29) is 0 Å². The number of methoxy groups -OCH3 is 1. The minimum atomic E-state index is 0.454. The first-order valence-corrected chi connectivity index (χ1v) is 18.5. The van der Waals surface area contributed by atoms with Crippen LogP contribution in [0.5, 0.6) is 0 Å². The first kappa shape index (κ1) is 34.7. The van der Waals surface area contributed by atoms with Gasteiger partial charge in [-0.3, -0.25) is 0 Å². The first-order valence-electron chi connectivity index (χ1n) is 18.5. The highest BCUT2D eigenvalue weighted by Gasteiger charge is 2.16. The van der Waals surface area contributed by atoms with Crippen molar-refractivity contribution in [2.24, 2.45) is 0 Å². The monoisotopic (exact) mass is 733 g/mol. The van der Waals surface area contributed by atoms with Crippen LogP contribution in [0.2, 0.25) is 0 Å². The van der Waals surface area contributed by atoms with E-state index in [2.05, 4.69) is 135 Å². The number of aromatic nitrogens is 3. The highest BCUT2D eigenvalue weighted by atomic mass is 16.5. The van der Waals surface area contributed by atoms with Crippen LogP contribution >= 0.6 is 0 Å². The first-order chi connectivity index (χ1) is 28.0. The summed E-state index contributed by atoms with van der Waals surface area (Å²) in [4.78, 5) is 3.68. The Hall–Kier alpha value is -8.06. The number of fused-ring (bicyclic) bond motifs is 9. The molecule has 0 N–H and O–H groups in total. The average Bonchev–Trinajstić information content (AvgIpc) is 3.88. The Morgan fingerprint density at radius 2 is 1.21 bits per heavy atom. The lowest BCUT2D eigenvalue weighted by atomic mass is 10.1. The number of hydrogen-bond acceptors (Lipinski definition) is 2. The smallest absolute Gasteiger partial charge is 0.189 e. The maximum absolute atomic E-state index is 10.4. The van der Waals surface area contributed by atoms with Gasteiger partial charge in [-0.2, -0.15) is 5.26 Å². The predicted octanol–water partition coefficient (Wildman–Crippen LogP) is 13.3. The summed E-state index contributed by atoms with van der Waals surface area (Å²) in [5.74, 6) is 0. The van der Waals surface area contributed by atoms with Crippen LogP contribution in [0.25, 0.3) is 87.8 Å². The van der Waals surface area contributed by atoms with Crippen LogP contribution in [0.1, 0.15) is 0 Å². The maximum atomic E-state index is 10.4. The molecule has 9 aromatic rings. The molecule has 6 nitrogen and oxygen atoms in total. The zero-order chi connectivity index (χ0) is 39.0. The Morgan fingerprint density at radius 3 is 1.86 bits per heavy atom. The molecule has 0 aliphatic heterocycles. The summed E-state index contributed by atoms with van der Waals surface area (Å²) in [6.07, 6.45) is 10.9. The summed E-state index contributed by atoms with van der Waals surface area (Å²) in [6.45, 7) is 16.3. The molecule has 0 saturated carbocycles. The summed E-state index contributed by atoms with van der Waals surface area (Å²) in [5, 5.41) is 17.1. The SMILES string of the molecule is [C-]#[N+]c1ccc2c3ccccc3n(C(/C=C/OC)=C/C(=C)C(=C)/C=C\C(C#N)=C\n3c4ccccc4c4cc(-n5c6ccccc6c6ccccc65)ccc43)c2c1. The van der Waals surface area contributed by atoms with Crippen LogP contribution in [0.3, 0.4) is 0 Å². The quantitative estimate of drug-likeness (QED) is 0.0642. The van der Waals surface area contributed by atoms with Gasteiger partial charge in [0.2, 0.25) is 0 Å². The molecule has 9 rings (SSSR count). The Balaban J connectivity index is 1.09. The highest BCUT2D eigenvalue weighted by molar-refractivity contribution is 6.13. The summed E-state index contributed by atoms with van der Waals surface area (Å²) in [7, 11) is 1.60. The van der Waals surface area contributed by atoms with Crippen molar-refractivity contribution in [3.05, 3.63) is 205 Å². The lowest BCUT2D eigenvalue weighted by Crippen LogP contribution is -1.96. The lowest BCUT2D eigenvalue weighted by molar-refractivity contribution is 0.338. The number of rotatable bonds is 9. The molecule has 0 amide bonds. The summed E-state index contributed by atoms with van der Waals surface area (Å²) < 4.78 is 11.9. The number of nitriles is 1. The number of para-hydroxylation sites is 4. The van der Waals surface area contributed by atoms with E-state index in [1.807, 2.05) is 60.8 Å². The van der Waals surface area contributed by atoms with E-state index in [0.29, 0.717) is 22.4 Å². The zero-order valence-corrected chi connectivity index (χ0v) is 31.2. The van der Waals surface area contributed by atoms with Crippen LogP contribution in [0, 0.1) is 17.9 Å². The highest BCUT2D eigenvalue weighted by Crippen LogP contribution is 2.37. The van der Waals surface area contributed by atoms with Crippen LogP contribution < -0.4 is 0 Å². The molecule has 270 valence electrons. The molecule has 0 aliphatic carbocycles. The molecule has 0 aliphatic rings. The molecular formula is C51H35N5O. The second kappa shape index (κ2) is 14.3. The number of benzene rings is 6. The van der Waals surface area contributed by atoms with Gasteiger partial charge in [-0.15, -0.1) is 0 Å². The maximum Gasteiger partial charge on any atom is 0.189 e. The third-order valence-corrected chi connectivity index (χ3v) is 10.5.